The maximum atomic E-state index is 12.9. The van der Waals surface area contributed by atoms with Gasteiger partial charge in [-0.25, -0.2) is 0 Å². The van der Waals surface area contributed by atoms with E-state index >= 15 is 0 Å². The SMILES string of the molecule is CNC1CCCN(C(C)c2nc(-c3cccc(C(F)(F)F)c3)no2)C1.Cl. The van der Waals surface area contributed by atoms with Crippen LogP contribution < -0.4 is 5.32 Å². The highest BCUT2D eigenvalue weighted by molar-refractivity contribution is 5.85. The van der Waals surface area contributed by atoms with Crippen LogP contribution in [0.1, 0.15) is 37.3 Å². The molecule has 2 heterocycles. The van der Waals surface area contributed by atoms with Crippen molar-refractivity contribution in [2.24, 2.45) is 0 Å². The quantitative estimate of drug-likeness (QED) is 0.857. The van der Waals surface area contributed by atoms with Crippen LogP contribution >= 0.6 is 12.4 Å². The van der Waals surface area contributed by atoms with E-state index in [0.29, 0.717) is 17.5 Å². The van der Waals surface area contributed by atoms with Gasteiger partial charge in [0, 0.05) is 18.2 Å². The molecule has 9 heteroatoms. The second-order valence-electron chi connectivity index (χ2n) is 6.33. The number of nitrogens with one attached hydrogen (secondary N) is 1. The lowest BCUT2D eigenvalue weighted by molar-refractivity contribution is -0.137. The van der Waals surface area contributed by atoms with Crippen molar-refractivity contribution in [3.63, 3.8) is 0 Å². The lowest BCUT2D eigenvalue weighted by Gasteiger charge is -2.35. The molecular formula is C17H22ClF3N4O. The van der Waals surface area contributed by atoms with Crippen molar-refractivity contribution in [3.05, 3.63) is 35.7 Å². The monoisotopic (exact) mass is 390 g/mol. The van der Waals surface area contributed by atoms with Gasteiger partial charge in [0.2, 0.25) is 11.7 Å². The normalized spacial score (nSPS) is 19.8. The van der Waals surface area contributed by atoms with E-state index in [4.69, 9.17) is 4.52 Å². The van der Waals surface area contributed by atoms with E-state index in [-0.39, 0.29) is 24.3 Å². The Balaban J connectivity index is 0.00000243. The molecule has 3 rings (SSSR count). The Kier molecular flexibility index (Phi) is 6.65. The molecule has 0 saturated carbocycles. The largest absolute Gasteiger partial charge is 0.416 e. The van der Waals surface area contributed by atoms with Crippen LogP contribution in [0.2, 0.25) is 0 Å². The number of hydrogen-bond acceptors (Lipinski definition) is 5. The van der Waals surface area contributed by atoms with Crippen molar-refractivity contribution >= 4 is 12.4 Å². The third-order valence-electron chi connectivity index (χ3n) is 4.66. The second kappa shape index (κ2) is 8.37. The molecule has 0 aliphatic carbocycles. The molecule has 2 aromatic rings. The Bertz CT molecular complexity index is 722. The maximum absolute atomic E-state index is 12.9. The molecule has 1 aromatic carbocycles. The van der Waals surface area contributed by atoms with Gasteiger partial charge in [-0.2, -0.15) is 18.2 Å². The second-order valence-corrected chi connectivity index (χ2v) is 6.33. The predicted molar refractivity (Wildman–Crippen MR) is 94.1 cm³/mol. The van der Waals surface area contributed by atoms with E-state index < -0.39 is 11.7 Å². The summed E-state index contributed by atoms with van der Waals surface area (Å²) in [6, 6.07) is 5.30. The highest BCUT2D eigenvalue weighted by Gasteiger charge is 2.31. The van der Waals surface area contributed by atoms with E-state index in [1.807, 2.05) is 14.0 Å². The van der Waals surface area contributed by atoms with Gasteiger partial charge >= 0.3 is 6.18 Å². The summed E-state index contributed by atoms with van der Waals surface area (Å²) in [7, 11) is 1.94. The van der Waals surface area contributed by atoms with Crippen molar-refractivity contribution in [3.8, 4) is 11.4 Å². The molecule has 0 amide bonds. The third-order valence-corrected chi connectivity index (χ3v) is 4.66. The summed E-state index contributed by atoms with van der Waals surface area (Å²) in [5.41, 5.74) is -0.430. The van der Waals surface area contributed by atoms with Crippen molar-refractivity contribution in [2.75, 3.05) is 20.1 Å². The van der Waals surface area contributed by atoms with Gasteiger partial charge in [0.15, 0.2) is 0 Å². The molecule has 0 spiro atoms. The van der Waals surface area contributed by atoms with Crippen molar-refractivity contribution in [1.29, 1.82) is 0 Å². The van der Waals surface area contributed by atoms with Crippen molar-refractivity contribution in [1.82, 2.24) is 20.4 Å². The molecular weight excluding hydrogens is 369 g/mol. The molecule has 1 aliphatic rings. The number of rotatable bonds is 4. The number of hydrogen-bond donors (Lipinski definition) is 1. The predicted octanol–water partition coefficient (Wildman–Crippen LogP) is 3.92. The molecule has 0 radical (unpaired) electrons. The van der Waals surface area contributed by atoms with Crippen LogP contribution in [0.3, 0.4) is 0 Å². The highest BCUT2D eigenvalue weighted by atomic mass is 35.5. The van der Waals surface area contributed by atoms with Crippen LogP contribution in [0.4, 0.5) is 13.2 Å². The molecule has 5 nitrogen and oxygen atoms in total. The minimum atomic E-state index is -4.40. The number of piperidine rings is 1. The smallest absolute Gasteiger partial charge is 0.337 e. The number of halogens is 4. The molecule has 1 fully saturated rings. The zero-order chi connectivity index (χ0) is 18.0. The summed E-state index contributed by atoms with van der Waals surface area (Å²) in [5, 5.41) is 7.15. The van der Waals surface area contributed by atoms with Crippen LogP contribution in [0.5, 0.6) is 0 Å². The summed E-state index contributed by atoms with van der Waals surface area (Å²) in [4.78, 5) is 6.57. The average Bonchev–Trinajstić information content (AvgIpc) is 3.10. The van der Waals surface area contributed by atoms with E-state index in [1.165, 1.54) is 6.07 Å². The summed E-state index contributed by atoms with van der Waals surface area (Å²) in [6.07, 6.45) is -2.20. The van der Waals surface area contributed by atoms with E-state index in [1.54, 1.807) is 6.07 Å². The molecule has 1 N–H and O–H groups in total. The zero-order valence-corrected chi connectivity index (χ0v) is 15.4. The van der Waals surface area contributed by atoms with Gasteiger partial charge in [0.05, 0.1) is 11.6 Å². The van der Waals surface area contributed by atoms with Crippen molar-refractivity contribution in [2.45, 2.75) is 38.0 Å². The van der Waals surface area contributed by atoms with E-state index in [9.17, 15) is 13.2 Å². The number of alkyl halides is 3. The van der Waals surface area contributed by atoms with Gasteiger partial charge in [-0.05, 0) is 45.5 Å². The van der Waals surface area contributed by atoms with Gasteiger partial charge in [-0.15, -0.1) is 12.4 Å². The van der Waals surface area contributed by atoms with Gasteiger partial charge in [-0.1, -0.05) is 17.3 Å². The number of likely N-dealkylation sites (N-methyl/N-ethyl adjacent to an activating group) is 1. The standard InChI is InChI=1S/C17H21F3N4O.ClH/c1-11(24-8-4-7-14(10-24)21-2)16-22-15(23-25-16)12-5-3-6-13(9-12)17(18,19)20;/h3,5-6,9,11,14,21H,4,7-8,10H2,1-2H3;1H. The molecule has 1 saturated heterocycles. The molecule has 1 aromatic heterocycles. The fraction of sp³-hybridized carbons (Fsp3) is 0.529. The zero-order valence-electron chi connectivity index (χ0n) is 14.6. The first-order chi connectivity index (χ1) is 11.9. The first-order valence-corrected chi connectivity index (χ1v) is 8.31. The first kappa shape index (κ1) is 20.7. The Morgan fingerprint density at radius 2 is 2.12 bits per heavy atom. The number of benzene rings is 1. The lowest BCUT2D eigenvalue weighted by atomic mass is 10.0. The Labute approximate surface area is 156 Å². The topological polar surface area (TPSA) is 54.2 Å². The summed E-state index contributed by atoms with van der Waals surface area (Å²) < 4.78 is 43.9. The summed E-state index contributed by atoms with van der Waals surface area (Å²) in [5.74, 6) is 0.597. The molecule has 1 aliphatic heterocycles. The molecule has 0 bridgehead atoms. The first-order valence-electron chi connectivity index (χ1n) is 8.31. The minimum Gasteiger partial charge on any atom is -0.337 e. The Morgan fingerprint density at radius 3 is 2.81 bits per heavy atom. The number of aromatic nitrogens is 2. The van der Waals surface area contributed by atoms with Crippen LogP contribution in [0.15, 0.2) is 28.8 Å². The third kappa shape index (κ3) is 4.55. The van der Waals surface area contributed by atoms with Gasteiger partial charge < -0.3 is 9.84 Å². The van der Waals surface area contributed by atoms with Crippen LogP contribution in [-0.2, 0) is 6.18 Å². The Hall–Kier alpha value is -1.64. The minimum absolute atomic E-state index is 0. The average molecular weight is 391 g/mol. The maximum Gasteiger partial charge on any atom is 0.416 e. The van der Waals surface area contributed by atoms with E-state index in [2.05, 4.69) is 20.4 Å². The molecule has 2 atom stereocenters. The van der Waals surface area contributed by atoms with Gasteiger partial charge in [-0.3, -0.25) is 4.90 Å². The lowest BCUT2D eigenvalue weighted by Crippen LogP contribution is -2.45. The molecule has 2 unspecified atom stereocenters. The highest BCUT2D eigenvalue weighted by Crippen LogP contribution is 2.32. The molecule has 144 valence electrons. The van der Waals surface area contributed by atoms with Crippen molar-refractivity contribution < 1.29 is 17.7 Å². The van der Waals surface area contributed by atoms with Gasteiger partial charge in [0.1, 0.15) is 0 Å². The molecule has 26 heavy (non-hydrogen) atoms. The number of likely N-dealkylation sites (tertiary alicyclic amines) is 1. The Morgan fingerprint density at radius 1 is 1.35 bits per heavy atom. The van der Waals surface area contributed by atoms with Crippen LogP contribution in [0, 0.1) is 0 Å². The fourth-order valence-corrected chi connectivity index (χ4v) is 3.11. The van der Waals surface area contributed by atoms with Gasteiger partial charge in [0.25, 0.3) is 0 Å². The van der Waals surface area contributed by atoms with Crippen LogP contribution in [0.25, 0.3) is 11.4 Å². The summed E-state index contributed by atoms with van der Waals surface area (Å²) >= 11 is 0. The fourth-order valence-electron chi connectivity index (χ4n) is 3.11. The van der Waals surface area contributed by atoms with E-state index in [0.717, 1.165) is 38.1 Å². The summed E-state index contributed by atoms with van der Waals surface area (Å²) in [6.45, 7) is 3.78. The number of nitrogens with zero attached hydrogens (tertiary/aromatic N) is 3. The van der Waals surface area contributed by atoms with Crippen LogP contribution in [-0.4, -0.2) is 41.2 Å².